The molecule has 0 aromatic heterocycles. The minimum Gasteiger partial charge on any atom is -0.0963 e. The van der Waals surface area contributed by atoms with Gasteiger partial charge in [-0.15, -0.1) is 0 Å². The average molecular weight is 343 g/mol. The van der Waals surface area contributed by atoms with Crippen molar-refractivity contribution in [3.8, 4) is 0 Å². The summed E-state index contributed by atoms with van der Waals surface area (Å²) in [5, 5.41) is 0. The molecule has 3 aliphatic carbocycles. The molecule has 4 rings (SSSR count). The topological polar surface area (TPSA) is 0 Å². The van der Waals surface area contributed by atoms with Gasteiger partial charge in [-0.2, -0.15) is 0 Å². The van der Waals surface area contributed by atoms with Gasteiger partial charge in [-0.05, 0) is 54.7 Å². The number of benzene rings is 1. The Kier molecular flexibility index (Phi) is 4.43. The lowest BCUT2D eigenvalue weighted by atomic mass is 9.82. The highest BCUT2D eigenvalue weighted by atomic mass is 28.2. The van der Waals surface area contributed by atoms with Crippen LogP contribution in [0.15, 0.2) is 76.9 Å². The van der Waals surface area contributed by atoms with Gasteiger partial charge >= 0.3 is 0 Å². The molecule has 0 radical (unpaired) electrons. The monoisotopic (exact) mass is 342 g/mol. The highest BCUT2D eigenvalue weighted by Crippen LogP contribution is 2.48. The molecule has 126 valence electrons. The van der Waals surface area contributed by atoms with Gasteiger partial charge in [0.15, 0.2) is 0 Å². The van der Waals surface area contributed by atoms with Crippen LogP contribution in [0.3, 0.4) is 0 Å². The van der Waals surface area contributed by atoms with Crippen LogP contribution in [0, 0.1) is 5.92 Å². The highest BCUT2D eigenvalue weighted by molar-refractivity contribution is 6.64. The molecule has 0 aliphatic heterocycles. The molecule has 2 unspecified atom stereocenters. The zero-order chi connectivity index (χ0) is 17.4. The largest absolute Gasteiger partial charge is 0.0963 e. The second-order valence-corrected chi connectivity index (χ2v) is 9.94. The number of fused-ring (bicyclic) bond motifs is 2. The maximum atomic E-state index is 2.64. The van der Waals surface area contributed by atoms with Crippen molar-refractivity contribution in [3.05, 3.63) is 88.1 Å². The van der Waals surface area contributed by atoms with Crippen LogP contribution in [0.5, 0.6) is 0 Å². The van der Waals surface area contributed by atoms with Gasteiger partial charge < -0.3 is 0 Å². The van der Waals surface area contributed by atoms with Crippen molar-refractivity contribution < 1.29 is 0 Å². The molecule has 0 amide bonds. The summed E-state index contributed by atoms with van der Waals surface area (Å²) in [7, 11) is -0.379. The Labute approximate surface area is 153 Å². The summed E-state index contributed by atoms with van der Waals surface area (Å²) >= 11 is 0. The molecule has 0 bridgehead atoms. The fourth-order valence-electron chi connectivity index (χ4n) is 4.45. The van der Waals surface area contributed by atoms with Crippen LogP contribution in [-0.4, -0.2) is 14.1 Å². The van der Waals surface area contributed by atoms with Gasteiger partial charge in [0.1, 0.15) is 0 Å². The summed E-state index contributed by atoms with van der Waals surface area (Å²) in [5.74, 6) is 0.979. The fourth-order valence-corrected chi connectivity index (χ4v) is 5.56. The first kappa shape index (κ1) is 16.5. The molecule has 0 fully saturated rings. The van der Waals surface area contributed by atoms with Gasteiger partial charge in [0.2, 0.25) is 0 Å². The van der Waals surface area contributed by atoms with Crippen LogP contribution < -0.4 is 0 Å². The first-order valence-corrected chi connectivity index (χ1v) is 12.0. The van der Waals surface area contributed by atoms with Gasteiger partial charge in [-0.3, -0.25) is 0 Å². The molecule has 1 aromatic carbocycles. The lowest BCUT2D eigenvalue weighted by molar-refractivity contribution is 0.836. The van der Waals surface area contributed by atoms with E-state index in [1.54, 1.807) is 11.1 Å². The number of rotatable bonds is 3. The van der Waals surface area contributed by atoms with E-state index in [9.17, 15) is 0 Å². The fraction of sp³-hybridized carbons (Fsp3) is 0.292. The molecule has 2 atom stereocenters. The maximum absolute atomic E-state index is 2.64. The second kappa shape index (κ2) is 6.72. The molecule has 1 aromatic rings. The predicted octanol–water partition coefficient (Wildman–Crippen LogP) is 6.08. The quantitative estimate of drug-likeness (QED) is 0.584. The van der Waals surface area contributed by atoms with E-state index in [1.165, 1.54) is 22.3 Å². The van der Waals surface area contributed by atoms with Gasteiger partial charge in [0.05, 0.1) is 0 Å². The summed E-state index contributed by atoms with van der Waals surface area (Å²) in [5.41, 5.74) is 11.7. The summed E-state index contributed by atoms with van der Waals surface area (Å²) in [6.45, 7) is 7.10. The summed E-state index contributed by atoms with van der Waals surface area (Å²) in [6, 6.07) is 8.89. The Bertz CT molecular complexity index is 882. The van der Waals surface area contributed by atoms with E-state index in [0.29, 0.717) is 11.8 Å². The lowest BCUT2D eigenvalue weighted by Crippen LogP contribution is -2.13. The first-order valence-electron chi connectivity index (χ1n) is 9.43. The van der Waals surface area contributed by atoms with Crippen molar-refractivity contribution >= 4 is 20.2 Å². The van der Waals surface area contributed by atoms with Crippen molar-refractivity contribution in [2.45, 2.75) is 38.8 Å². The predicted molar refractivity (Wildman–Crippen MR) is 112 cm³/mol. The van der Waals surface area contributed by atoms with Gasteiger partial charge in [0, 0.05) is 11.8 Å². The molecule has 0 heterocycles. The van der Waals surface area contributed by atoms with Gasteiger partial charge in [-0.1, -0.05) is 86.4 Å². The van der Waals surface area contributed by atoms with Crippen LogP contribution in [-0.2, 0) is 0 Å². The molecule has 0 saturated heterocycles. The summed E-state index contributed by atoms with van der Waals surface area (Å²) in [4.78, 5) is 0. The van der Waals surface area contributed by atoms with Crippen molar-refractivity contribution in [1.82, 2.24) is 0 Å². The van der Waals surface area contributed by atoms with Gasteiger partial charge in [0.25, 0.3) is 0 Å². The van der Waals surface area contributed by atoms with E-state index in [4.69, 9.17) is 0 Å². The minimum absolute atomic E-state index is 0.379. The second-order valence-electron chi connectivity index (χ2n) is 7.45. The van der Waals surface area contributed by atoms with E-state index in [-0.39, 0.29) is 8.41 Å². The van der Waals surface area contributed by atoms with E-state index >= 15 is 0 Å². The zero-order valence-electron chi connectivity index (χ0n) is 15.4. The van der Waals surface area contributed by atoms with Crippen LogP contribution in [0.4, 0.5) is 0 Å². The first-order chi connectivity index (χ1) is 12.2. The van der Waals surface area contributed by atoms with E-state index in [2.05, 4.69) is 86.4 Å². The van der Waals surface area contributed by atoms with E-state index < -0.39 is 0 Å². The van der Waals surface area contributed by atoms with Crippen molar-refractivity contribution in [3.63, 3.8) is 0 Å². The Morgan fingerprint density at radius 3 is 2.80 bits per heavy atom. The SMILES string of the molecule is CCC1=CC2=CC=CCC(C=[Si](C)C)C2=C1C1C=Cc2ccccc21. The van der Waals surface area contributed by atoms with E-state index in [0.717, 1.165) is 12.8 Å². The van der Waals surface area contributed by atoms with Crippen molar-refractivity contribution in [2.24, 2.45) is 5.92 Å². The molecule has 25 heavy (non-hydrogen) atoms. The molecular formula is C24H26Si. The van der Waals surface area contributed by atoms with E-state index in [1.807, 2.05) is 0 Å². The third-order valence-corrected chi connectivity index (χ3v) is 6.54. The highest BCUT2D eigenvalue weighted by Gasteiger charge is 2.32. The Balaban J connectivity index is 1.91. The number of allylic oxidation sites excluding steroid dienone is 9. The van der Waals surface area contributed by atoms with Gasteiger partial charge in [-0.25, -0.2) is 0 Å². The van der Waals surface area contributed by atoms with Crippen molar-refractivity contribution in [1.29, 1.82) is 0 Å². The Morgan fingerprint density at radius 2 is 2.00 bits per heavy atom. The normalized spacial score (nSPS) is 23.8. The molecule has 0 saturated carbocycles. The summed E-state index contributed by atoms with van der Waals surface area (Å²) in [6.07, 6.45) is 16.4. The smallest absolute Gasteiger partial charge is 0.0284 e. The molecule has 0 nitrogen and oxygen atoms in total. The van der Waals surface area contributed by atoms with Crippen molar-refractivity contribution in [2.75, 3.05) is 0 Å². The van der Waals surface area contributed by atoms with Crippen LogP contribution in [0.1, 0.15) is 36.8 Å². The molecule has 0 spiro atoms. The third kappa shape index (κ3) is 2.91. The number of hydrogen-bond acceptors (Lipinski definition) is 0. The maximum Gasteiger partial charge on any atom is 0.0284 e. The molecule has 3 aliphatic rings. The number of hydrogen-bond donors (Lipinski definition) is 0. The Morgan fingerprint density at radius 1 is 1.16 bits per heavy atom. The zero-order valence-corrected chi connectivity index (χ0v) is 16.4. The van der Waals surface area contributed by atoms with Crippen LogP contribution in [0.25, 0.3) is 6.08 Å². The molecular weight excluding hydrogens is 316 g/mol. The molecule has 1 heteroatoms. The van der Waals surface area contributed by atoms with Crippen LogP contribution in [0.2, 0.25) is 13.1 Å². The lowest BCUT2D eigenvalue weighted by Gasteiger charge is -2.22. The minimum atomic E-state index is -0.379. The average Bonchev–Trinajstić information content (AvgIpc) is 3.12. The standard InChI is InChI=1S/C24H26Si/c1-4-17-15-19-10-5-6-11-20(16-25(2)3)23(19)24(17)22-14-13-18-9-7-8-12-21(18)22/h5-10,12-16,20,22H,4,11H2,1-3H3. The molecule has 0 N–H and O–H groups in total. The summed E-state index contributed by atoms with van der Waals surface area (Å²) < 4.78 is 0. The van der Waals surface area contributed by atoms with Crippen LogP contribution >= 0.6 is 0 Å². The Hall–Kier alpha value is -1.99. The third-order valence-electron chi connectivity index (χ3n) is 5.48.